The number of nitro benzene ring substituents is 1. The standard InChI is InChI=1S/C16H12ClN3O3S/c1-2-9-3-6-12-14(7-9)24-16(18-12)19-15(21)10-4-5-11(17)13(8-10)20(22)23/h3-8H,2H2,1H3,(H,18,19,21). The van der Waals surface area contributed by atoms with Gasteiger partial charge in [-0.2, -0.15) is 0 Å². The van der Waals surface area contributed by atoms with Crippen LogP contribution >= 0.6 is 22.9 Å². The van der Waals surface area contributed by atoms with Crippen LogP contribution in [0.5, 0.6) is 0 Å². The first-order valence-corrected chi connectivity index (χ1v) is 8.32. The Morgan fingerprint density at radius 3 is 2.83 bits per heavy atom. The molecule has 24 heavy (non-hydrogen) atoms. The molecule has 0 spiro atoms. The highest BCUT2D eigenvalue weighted by molar-refractivity contribution is 7.22. The molecule has 3 aromatic rings. The van der Waals surface area contributed by atoms with Gasteiger partial charge >= 0.3 is 0 Å². The molecule has 1 aromatic heterocycles. The van der Waals surface area contributed by atoms with Gasteiger partial charge in [0.2, 0.25) is 0 Å². The Morgan fingerprint density at radius 2 is 2.12 bits per heavy atom. The van der Waals surface area contributed by atoms with E-state index in [2.05, 4.69) is 17.2 Å². The van der Waals surface area contributed by atoms with Gasteiger partial charge in [0.1, 0.15) is 5.02 Å². The molecule has 0 aliphatic carbocycles. The summed E-state index contributed by atoms with van der Waals surface area (Å²) in [6.07, 6.45) is 0.921. The van der Waals surface area contributed by atoms with Crippen LogP contribution in [0.15, 0.2) is 36.4 Å². The van der Waals surface area contributed by atoms with Crippen molar-refractivity contribution < 1.29 is 9.72 Å². The van der Waals surface area contributed by atoms with Crippen LogP contribution < -0.4 is 5.32 Å². The number of amides is 1. The van der Waals surface area contributed by atoms with E-state index in [0.717, 1.165) is 22.7 Å². The molecule has 122 valence electrons. The van der Waals surface area contributed by atoms with Crippen molar-refractivity contribution in [2.45, 2.75) is 13.3 Å². The molecular formula is C16H12ClN3O3S. The van der Waals surface area contributed by atoms with Gasteiger partial charge in [0, 0.05) is 11.6 Å². The van der Waals surface area contributed by atoms with E-state index in [1.165, 1.54) is 29.0 Å². The Bertz CT molecular complexity index is 955. The van der Waals surface area contributed by atoms with Crippen molar-refractivity contribution >= 4 is 49.9 Å². The molecule has 2 aromatic carbocycles. The number of halogens is 1. The molecule has 1 heterocycles. The molecule has 0 aliphatic rings. The second-order valence-corrected chi connectivity index (χ2v) is 6.49. The van der Waals surface area contributed by atoms with E-state index in [0.29, 0.717) is 5.13 Å². The van der Waals surface area contributed by atoms with Crippen LogP contribution in [0.1, 0.15) is 22.8 Å². The van der Waals surface area contributed by atoms with Gasteiger partial charge in [-0.3, -0.25) is 20.2 Å². The number of benzene rings is 2. The number of thiazole rings is 1. The first kappa shape index (κ1) is 16.4. The minimum atomic E-state index is -0.622. The number of nitro groups is 1. The molecule has 0 bridgehead atoms. The van der Waals surface area contributed by atoms with Crippen LogP contribution in [0.2, 0.25) is 5.02 Å². The zero-order valence-corrected chi connectivity index (χ0v) is 14.1. The zero-order chi connectivity index (χ0) is 17.3. The number of hydrogen-bond acceptors (Lipinski definition) is 5. The number of carbonyl (C=O) groups is 1. The fourth-order valence-electron chi connectivity index (χ4n) is 2.21. The number of fused-ring (bicyclic) bond motifs is 1. The number of rotatable bonds is 4. The molecule has 0 unspecified atom stereocenters. The summed E-state index contributed by atoms with van der Waals surface area (Å²) in [6, 6.07) is 9.87. The van der Waals surface area contributed by atoms with Gasteiger partial charge in [-0.05, 0) is 36.2 Å². The quantitative estimate of drug-likeness (QED) is 0.540. The lowest BCUT2D eigenvalue weighted by Crippen LogP contribution is -2.11. The molecule has 1 N–H and O–H groups in total. The number of aromatic nitrogens is 1. The van der Waals surface area contributed by atoms with Crippen LogP contribution in [-0.2, 0) is 6.42 Å². The summed E-state index contributed by atoms with van der Waals surface area (Å²) < 4.78 is 0.978. The molecule has 0 radical (unpaired) electrons. The first-order valence-electron chi connectivity index (χ1n) is 7.12. The van der Waals surface area contributed by atoms with Crippen molar-refractivity contribution in [3.63, 3.8) is 0 Å². The Balaban J connectivity index is 1.87. The lowest BCUT2D eigenvalue weighted by atomic mass is 10.2. The second kappa shape index (κ2) is 6.54. The van der Waals surface area contributed by atoms with E-state index in [9.17, 15) is 14.9 Å². The van der Waals surface area contributed by atoms with Gasteiger partial charge < -0.3 is 0 Å². The van der Waals surface area contributed by atoms with Crippen molar-refractivity contribution in [1.29, 1.82) is 0 Å². The zero-order valence-electron chi connectivity index (χ0n) is 12.6. The van der Waals surface area contributed by atoms with Gasteiger partial charge in [-0.25, -0.2) is 4.98 Å². The molecular weight excluding hydrogens is 350 g/mol. The topological polar surface area (TPSA) is 85.1 Å². The molecule has 6 nitrogen and oxygen atoms in total. The van der Waals surface area contributed by atoms with Crippen LogP contribution in [0.25, 0.3) is 10.2 Å². The SMILES string of the molecule is CCc1ccc2nc(NC(=O)c3ccc(Cl)c([N+](=O)[O-])c3)sc2c1. The van der Waals surface area contributed by atoms with E-state index >= 15 is 0 Å². The maximum absolute atomic E-state index is 12.3. The van der Waals surface area contributed by atoms with Gasteiger partial charge in [-0.1, -0.05) is 35.9 Å². The monoisotopic (exact) mass is 361 g/mol. The number of nitrogens with zero attached hydrogens (tertiary/aromatic N) is 2. The van der Waals surface area contributed by atoms with Crippen molar-refractivity contribution in [3.05, 3.63) is 62.7 Å². The number of anilines is 1. The van der Waals surface area contributed by atoms with E-state index in [-0.39, 0.29) is 16.3 Å². The van der Waals surface area contributed by atoms with E-state index in [1.807, 2.05) is 18.2 Å². The summed E-state index contributed by atoms with van der Waals surface area (Å²) in [4.78, 5) is 26.9. The van der Waals surface area contributed by atoms with Crippen LogP contribution in [0, 0.1) is 10.1 Å². The number of carbonyl (C=O) groups excluding carboxylic acids is 1. The van der Waals surface area contributed by atoms with E-state index in [1.54, 1.807) is 0 Å². The van der Waals surface area contributed by atoms with Crippen molar-refractivity contribution in [2.75, 3.05) is 5.32 Å². The fraction of sp³-hybridized carbons (Fsp3) is 0.125. The lowest BCUT2D eigenvalue weighted by molar-refractivity contribution is -0.384. The predicted octanol–water partition coefficient (Wildman–Crippen LogP) is 4.67. The minimum Gasteiger partial charge on any atom is -0.298 e. The molecule has 0 atom stereocenters. The van der Waals surface area contributed by atoms with E-state index < -0.39 is 10.8 Å². The summed E-state index contributed by atoms with van der Waals surface area (Å²) in [5, 5.41) is 14.0. The van der Waals surface area contributed by atoms with Gasteiger partial charge in [0.15, 0.2) is 5.13 Å². The molecule has 3 rings (SSSR count). The normalized spacial score (nSPS) is 10.8. The van der Waals surface area contributed by atoms with E-state index in [4.69, 9.17) is 11.6 Å². The Morgan fingerprint density at radius 1 is 1.33 bits per heavy atom. The highest BCUT2D eigenvalue weighted by Crippen LogP contribution is 2.29. The van der Waals surface area contributed by atoms with Crippen molar-refractivity contribution in [1.82, 2.24) is 4.98 Å². The van der Waals surface area contributed by atoms with Gasteiger partial charge in [-0.15, -0.1) is 0 Å². The first-order chi connectivity index (χ1) is 11.5. The number of aryl methyl sites for hydroxylation is 1. The number of nitrogens with one attached hydrogen (secondary N) is 1. The summed E-state index contributed by atoms with van der Waals surface area (Å²) in [7, 11) is 0. The largest absolute Gasteiger partial charge is 0.298 e. The smallest absolute Gasteiger partial charge is 0.288 e. The summed E-state index contributed by atoms with van der Waals surface area (Å²) in [6.45, 7) is 2.07. The Hall–Kier alpha value is -2.51. The second-order valence-electron chi connectivity index (χ2n) is 5.05. The molecule has 0 fully saturated rings. The van der Waals surface area contributed by atoms with Crippen molar-refractivity contribution in [3.8, 4) is 0 Å². The average Bonchev–Trinajstić information content (AvgIpc) is 2.95. The third-order valence-corrected chi connectivity index (χ3v) is 4.74. The minimum absolute atomic E-state index is 0.0105. The molecule has 8 heteroatoms. The van der Waals surface area contributed by atoms with Crippen LogP contribution in [0.4, 0.5) is 10.8 Å². The third-order valence-electron chi connectivity index (χ3n) is 3.49. The lowest BCUT2D eigenvalue weighted by Gasteiger charge is -2.02. The highest BCUT2D eigenvalue weighted by atomic mass is 35.5. The fourth-order valence-corrected chi connectivity index (χ4v) is 3.32. The molecule has 0 saturated heterocycles. The van der Waals surface area contributed by atoms with Crippen LogP contribution in [0.3, 0.4) is 0 Å². The van der Waals surface area contributed by atoms with Gasteiger partial charge in [0.05, 0.1) is 15.1 Å². The maximum Gasteiger partial charge on any atom is 0.288 e. The summed E-state index contributed by atoms with van der Waals surface area (Å²) in [5.41, 5.74) is 1.84. The predicted molar refractivity (Wildman–Crippen MR) is 95.1 cm³/mol. The molecule has 0 saturated carbocycles. The van der Waals surface area contributed by atoms with Crippen LogP contribution in [-0.4, -0.2) is 15.8 Å². The highest BCUT2D eigenvalue weighted by Gasteiger charge is 2.17. The third kappa shape index (κ3) is 3.22. The number of hydrogen-bond donors (Lipinski definition) is 1. The molecule has 1 amide bonds. The summed E-state index contributed by atoms with van der Waals surface area (Å²) >= 11 is 7.11. The maximum atomic E-state index is 12.3. The Kier molecular flexibility index (Phi) is 4.46. The van der Waals surface area contributed by atoms with Crippen molar-refractivity contribution in [2.24, 2.45) is 0 Å². The average molecular weight is 362 g/mol. The summed E-state index contributed by atoms with van der Waals surface area (Å²) in [5.74, 6) is -0.468. The molecule has 0 aliphatic heterocycles. The Labute approximate surface area is 146 Å². The van der Waals surface area contributed by atoms with Gasteiger partial charge in [0.25, 0.3) is 11.6 Å².